The Morgan fingerprint density at radius 1 is 1.28 bits per heavy atom. The average molecular weight is 252 g/mol. The van der Waals surface area contributed by atoms with E-state index < -0.39 is 0 Å². The van der Waals surface area contributed by atoms with Crippen LogP contribution >= 0.6 is 0 Å². The second-order valence-corrected chi connectivity index (χ2v) is 6.16. The Morgan fingerprint density at radius 3 is 2.67 bits per heavy atom. The quantitative estimate of drug-likeness (QED) is 0.756. The number of nitrogens with zero attached hydrogens (tertiary/aromatic N) is 1. The van der Waals surface area contributed by atoms with Crippen LogP contribution in [-0.4, -0.2) is 30.4 Å². The summed E-state index contributed by atoms with van der Waals surface area (Å²) in [4.78, 5) is 14.4. The predicted octanol–water partition coefficient (Wildman–Crippen LogP) is 2.40. The SMILES string of the molecule is CCCN(CCCN)C(=O)CC1CC2CCC1C2. The summed E-state index contributed by atoms with van der Waals surface area (Å²) >= 11 is 0. The normalized spacial score (nSPS) is 29.8. The molecule has 2 bridgehead atoms. The Bertz CT molecular complexity index is 280. The maximum absolute atomic E-state index is 12.4. The van der Waals surface area contributed by atoms with Crippen LogP contribution in [0.25, 0.3) is 0 Å². The molecule has 0 spiro atoms. The third kappa shape index (κ3) is 3.25. The highest BCUT2D eigenvalue weighted by Gasteiger charge is 2.40. The van der Waals surface area contributed by atoms with E-state index in [1.807, 2.05) is 4.90 Å². The van der Waals surface area contributed by atoms with E-state index in [9.17, 15) is 4.79 Å². The van der Waals surface area contributed by atoms with Gasteiger partial charge in [0.2, 0.25) is 5.91 Å². The largest absolute Gasteiger partial charge is 0.343 e. The molecule has 0 aromatic heterocycles. The fraction of sp³-hybridized carbons (Fsp3) is 0.933. The van der Waals surface area contributed by atoms with Crippen LogP contribution in [0.5, 0.6) is 0 Å². The van der Waals surface area contributed by atoms with Gasteiger partial charge in [-0.2, -0.15) is 0 Å². The van der Waals surface area contributed by atoms with Crippen LogP contribution in [0, 0.1) is 17.8 Å². The molecular weight excluding hydrogens is 224 g/mol. The molecule has 0 aromatic rings. The number of hydrogen-bond donors (Lipinski definition) is 1. The van der Waals surface area contributed by atoms with Crippen molar-refractivity contribution in [3.8, 4) is 0 Å². The van der Waals surface area contributed by atoms with Gasteiger partial charge in [0.05, 0.1) is 0 Å². The molecular formula is C15H28N2O. The van der Waals surface area contributed by atoms with Gasteiger partial charge in [-0.15, -0.1) is 0 Å². The first-order valence-electron chi connectivity index (χ1n) is 7.72. The molecule has 104 valence electrons. The summed E-state index contributed by atoms with van der Waals surface area (Å²) in [6.07, 6.45) is 8.28. The van der Waals surface area contributed by atoms with E-state index >= 15 is 0 Å². The maximum atomic E-state index is 12.4. The van der Waals surface area contributed by atoms with E-state index in [1.54, 1.807) is 0 Å². The molecule has 2 aliphatic carbocycles. The lowest BCUT2D eigenvalue weighted by Crippen LogP contribution is -2.35. The molecule has 1 amide bonds. The van der Waals surface area contributed by atoms with Gasteiger partial charge in [0.15, 0.2) is 0 Å². The predicted molar refractivity (Wildman–Crippen MR) is 74.1 cm³/mol. The molecule has 2 saturated carbocycles. The molecule has 0 heterocycles. The van der Waals surface area contributed by atoms with Gasteiger partial charge in [0, 0.05) is 19.5 Å². The van der Waals surface area contributed by atoms with Gasteiger partial charge < -0.3 is 10.6 Å². The van der Waals surface area contributed by atoms with Gasteiger partial charge in [-0.1, -0.05) is 13.3 Å². The summed E-state index contributed by atoms with van der Waals surface area (Å²) in [5.41, 5.74) is 5.55. The van der Waals surface area contributed by atoms with Crippen molar-refractivity contribution in [1.29, 1.82) is 0 Å². The number of hydrogen-bond acceptors (Lipinski definition) is 2. The second-order valence-electron chi connectivity index (χ2n) is 6.16. The zero-order valence-corrected chi connectivity index (χ0v) is 11.7. The first-order chi connectivity index (χ1) is 8.74. The standard InChI is InChI=1S/C15H28N2O/c1-2-7-17(8-3-6-16)15(18)11-14-10-12-4-5-13(14)9-12/h12-14H,2-11,16H2,1H3. The summed E-state index contributed by atoms with van der Waals surface area (Å²) in [7, 11) is 0. The van der Waals surface area contributed by atoms with Gasteiger partial charge in [-0.3, -0.25) is 4.79 Å². The van der Waals surface area contributed by atoms with Crippen molar-refractivity contribution < 1.29 is 4.79 Å². The lowest BCUT2D eigenvalue weighted by molar-refractivity contribution is -0.132. The minimum Gasteiger partial charge on any atom is -0.343 e. The van der Waals surface area contributed by atoms with Crippen LogP contribution in [0.4, 0.5) is 0 Å². The van der Waals surface area contributed by atoms with Gasteiger partial charge >= 0.3 is 0 Å². The van der Waals surface area contributed by atoms with Crippen molar-refractivity contribution in [3.63, 3.8) is 0 Å². The van der Waals surface area contributed by atoms with Crippen LogP contribution < -0.4 is 5.73 Å². The number of carbonyl (C=O) groups is 1. The molecule has 2 rings (SSSR count). The summed E-state index contributed by atoms with van der Waals surface area (Å²) in [6, 6.07) is 0. The van der Waals surface area contributed by atoms with Crippen molar-refractivity contribution >= 4 is 5.91 Å². The zero-order valence-electron chi connectivity index (χ0n) is 11.7. The van der Waals surface area contributed by atoms with E-state index in [1.165, 1.54) is 25.7 Å². The Balaban J connectivity index is 1.80. The first-order valence-corrected chi connectivity index (χ1v) is 7.72. The third-order valence-electron chi connectivity index (χ3n) is 4.80. The van der Waals surface area contributed by atoms with Gasteiger partial charge in [0.25, 0.3) is 0 Å². The van der Waals surface area contributed by atoms with Crippen LogP contribution in [0.2, 0.25) is 0 Å². The minimum atomic E-state index is 0.378. The molecule has 3 heteroatoms. The Hall–Kier alpha value is -0.570. The van der Waals surface area contributed by atoms with Crippen LogP contribution in [-0.2, 0) is 4.79 Å². The summed E-state index contributed by atoms with van der Waals surface area (Å²) in [5, 5.41) is 0. The van der Waals surface area contributed by atoms with Gasteiger partial charge in [-0.25, -0.2) is 0 Å². The monoisotopic (exact) mass is 252 g/mol. The molecule has 2 fully saturated rings. The maximum Gasteiger partial charge on any atom is 0.222 e. The smallest absolute Gasteiger partial charge is 0.222 e. The number of nitrogens with two attached hydrogens (primary N) is 1. The molecule has 0 aliphatic heterocycles. The van der Waals surface area contributed by atoms with Crippen molar-refractivity contribution in [3.05, 3.63) is 0 Å². The lowest BCUT2D eigenvalue weighted by atomic mass is 9.86. The number of fused-ring (bicyclic) bond motifs is 2. The summed E-state index contributed by atoms with van der Waals surface area (Å²) in [6.45, 7) is 4.57. The number of rotatable bonds is 7. The minimum absolute atomic E-state index is 0.378. The number of amides is 1. The molecule has 2 aliphatic rings. The third-order valence-corrected chi connectivity index (χ3v) is 4.80. The molecule has 3 nitrogen and oxygen atoms in total. The van der Waals surface area contributed by atoms with Crippen LogP contribution in [0.15, 0.2) is 0 Å². The number of carbonyl (C=O) groups excluding carboxylic acids is 1. The Labute approximate surface area is 111 Å². The highest BCUT2D eigenvalue weighted by molar-refractivity contribution is 5.76. The van der Waals surface area contributed by atoms with Crippen LogP contribution in [0.3, 0.4) is 0 Å². The molecule has 18 heavy (non-hydrogen) atoms. The van der Waals surface area contributed by atoms with Crippen molar-refractivity contribution in [2.45, 2.75) is 51.9 Å². The van der Waals surface area contributed by atoms with Gasteiger partial charge in [-0.05, 0) is 56.4 Å². The summed E-state index contributed by atoms with van der Waals surface area (Å²) in [5.74, 6) is 2.87. The van der Waals surface area contributed by atoms with E-state index in [2.05, 4.69) is 6.92 Å². The molecule has 2 N–H and O–H groups in total. The molecule has 0 radical (unpaired) electrons. The van der Waals surface area contributed by atoms with E-state index in [0.29, 0.717) is 18.4 Å². The Kier molecular flexibility index (Phi) is 5.04. The van der Waals surface area contributed by atoms with Gasteiger partial charge in [0.1, 0.15) is 0 Å². The highest BCUT2D eigenvalue weighted by atomic mass is 16.2. The van der Waals surface area contributed by atoms with Crippen molar-refractivity contribution in [2.75, 3.05) is 19.6 Å². The molecule has 3 unspecified atom stereocenters. The fourth-order valence-corrected chi connectivity index (χ4v) is 3.89. The molecule has 0 aromatic carbocycles. The van der Waals surface area contributed by atoms with Crippen LogP contribution in [0.1, 0.15) is 51.9 Å². The van der Waals surface area contributed by atoms with E-state index in [0.717, 1.165) is 44.2 Å². The molecule has 0 saturated heterocycles. The topological polar surface area (TPSA) is 46.3 Å². The average Bonchev–Trinajstić information content (AvgIpc) is 2.96. The lowest BCUT2D eigenvalue weighted by Gasteiger charge is -2.26. The zero-order chi connectivity index (χ0) is 13.0. The fourth-order valence-electron chi connectivity index (χ4n) is 3.89. The van der Waals surface area contributed by atoms with Crippen molar-refractivity contribution in [2.24, 2.45) is 23.5 Å². The highest BCUT2D eigenvalue weighted by Crippen LogP contribution is 2.49. The van der Waals surface area contributed by atoms with E-state index in [4.69, 9.17) is 5.73 Å². The Morgan fingerprint density at radius 2 is 2.11 bits per heavy atom. The first kappa shape index (κ1) is 13.9. The van der Waals surface area contributed by atoms with Crippen molar-refractivity contribution in [1.82, 2.24) is 4.90 Å². The molecule has 3 atom stereocenters. The summed E-state index contributed by atoms with van der Waals surface area (Å²) < 4.78 is 0. The second kappa shape index (κ2) is 6.55. The van der Waals surface area contributed by atoms with E-state index in [-0.39, 0.29) is 0 Å².